The molecule has 0 aliphatic rings. The molecular weight excluding hydrogens is 336 g/mol. The van der Waals surface area contributed by atoms with Crippen molar-refractivity contribution in [2.45, 2.75) is 77.8 Å². The Balaban J connectivity index is 2.61. The highest BCUT2D eigenvalue weighted by Gasteiger charge is 2.29. The molecule has 1 rings (SSSR count). The molecule has 0 spiro atoms. The highest BCUT2D eigenvalue weighted by molar-refractivity contribution is 5.91. The number of benzene rings is 1. The van der Waals surface area contributed by atoms with Gasteiger partial charge in [0, 0.05) is 18.4 Å². The summed E-state index contributed by atoms with van der Waals surface area (Å²) in [6.45, 7) is 11.0. The Morgan fingerprint density at radius 3 is 2.23 bits per heavy atom. The summed E-state index contributed by atoms with van der Waals surface area (Å²) < 4.78 is 11.5. The third-order valence-corrected chi connectivity index (χ3v) is 3.90. The van der Waals surface area contributed by atoms with Gasteiger partial charge in [-0.3, -0.25) is 10.1 Å². The number of esters is 1. The third-order valence-electron chi connectivity index (χ3n) is 3.90. The summed E-state index contributed by atoms with van der Waals surface area (Å²) in [6, 6.07) is 6.39. The maximum Gasteiger partial charge on any atom is 0.338 e. The van der Waals surface area contributed by atoms with Gasteiger partial charge in [0.25, 0.3) is 0 Å². The van der Waals surface area contributed by atoms with Gasteiger partial charge in [-0.25, -0.2) is 9.68 Å². The van der Waals surface area contributed by atoms with Crippen LogP contribution in [0.25, 0.3) is 0 Å². The van der Waals surface area contributed by atoms with E-state index in [1.165, 1.54) is 6.07 Å². The number of rotatable bonds is 10. The maximum atomic E-state index is 12.3. The van der Waals surface area contributed by atoms with E-state index in [1.807, 2.05) is 27.7 Å². The minimum Gasteiger partial charge on any atom is -0.456 e. The van der Waals surface area contributed by atoms with E-state index < -0.39 is 17.2 Å². The average Bonchev–Trinajstić information content (AvgIpc) is 2.52. The standard InChI is InChI=1S/C20H30O6/c1-14(24-15(2)12-20(5,6)26-23)11-19(3,4)25-18(22)17-9-7-8-16(10-17)13-21/h7-10,13-15,23H,11-12H2,1-6H3. The van der Waals surface area contributed by atoms with Crippen LogP contribution in [-0.4, -0.2) is 40.9 Å². The van der Waals surface area contributed by atoms with Crippen LogP contribution >= 0.6 is 0 Å². The Labute approximate surface area is 155 Å². The monoisotopic (exact) mass is 366 g/mol. The van der Waals surface area contributed by atoms with Crippen LogP contribution in [0.5, 0.6) is 0 Å². The van der Waals surface area contributed by atoms with Gasteiger partial charge >= 0.3 is 5.97 Å². The normalized spacial score (nSPS) is 14.6. The molecule has 0 bridgehead atoms. The molecule has 1 aromatic carbocycles. The minimum atomic E-state index is -0.740. The van der Waals surface area contributed by atoms with Crippen molar-refractivity contribution in [3.05, 3.63) is 35.4 Å². The number of carbonyl (C=O) groups is 2. The average molecular weight is 366 g/mol. The Bertz CT molecular complexity index is 608. The molecule has 2 atom stereocenters. The Morgan fingerprint density at radius 2 is 1.69 bits per heavy atom. The topological polar surface area (TPSA) is 82.1 Å². The molecule has 26 heavy (non-hydrogen) atoms. The van der Waals surface area contributed by atoms with Crippen molar-refractivity contribution in [1.82, 2.24) is 0 Å². The lowest BCUT2D eigenvalue weighted by molar-refractivity contribution is -0.318. The van der Waals surface area contributed by atoms with Crippen LogP contribution in [0, 0.1) is 0 Å². The zero-order valence-corrected chi connectivity index (χ0v) is 16.4. The van der Waals surface area contributed by atoms with Gasteiger partial charge < -0.3 is 9.47 Å². The number of carbonyl (C=O) groups excluding carboxylic acids is 2. The van der Waals surface area contributed by atoms with Crippen LogP contribution < -0.4 is 0 Å². The van der Waals surface area contributed by atoms with Gasteiger partial charge in [-0.05, 0) is 53.7 Å². The largest absolute Gasteiger partial charge is 0.456 e. The van der Waals surface area contributed by atoms with Gasteiger partial charge in [0.1, 0.15) is 17.5 Å². The maximum absolute atomic E-state index is 12.3. The van der Waals surface area contributed by atoms with Crippen molar-refractivity contribution in [2.24, 2.45) is 0 Å². The van der Waals surface area contributed by atoms with E-state index in [9.17, 15) is 9.59 Å². The van der Waals surface area contributed by atoms with E-state index in [4.69, 9.17) is 14.7 Å². The number of hydrogen-bond donors (Lipinski definition) is 1. The number of hydrogen-bond acceptors (Lipinski definition) is 6. The highest BCUT2D eigenvalue weighted by Crippen LogP contribution is 2.24. The molecule has 2 unspecified atom stereocenters. The van der Waals surface area contributed by atoms with Crippen molar-refractivity contribution in [3.63, 3.8) is 0 Å². The van der Waals surface area contributed by atoms with Crippen LogP contribution in [-0.2, 0) is 14.4 Å². The molecule has 0 heterocycles. The summed E-state index contributed by atoms with van der Waals surface area (Å²) in [5, 5.41) is 8.87. The smallest absolute Gasteiger partial charge is 0.338 e. The van der Waals surface area contributed by atoms with Gasteiger partial charge in [-0.1, -0.05) is 12.1 Å². The first-order valence-corrected chi connectivity index (χ1v) is 8.74. The second kappa shape index (κ2) is 9.26. The molecule has 6 nitrogen and oxygen atoms in total. The second-order valence-electron chi connectivity index (χ2n) is 7.91. The van der Waals surface area contributed by atoms with Crippen molar-refractivity contribution in [1.29, 1.82) is 0 Å². The lowest BCUT2D eigenvalue weighted by atomic mass is 9.99. The zero-order valence-electron chi connectivity index (χ0n) is 16.4. The summed E-state index contributed by atoms with van der Waals surface area (Å²) in [5.41, 5.74) is -0.663. The van der Waals surface area contributed by atoms with Crippen molar-refractivity contribution >= 4 is 12.3 Å². The quantitative estimate of drug-likeness (QED) is 0.288. The SMILES string of the molecule is CC(CC(C)(C)OO)OC(C)CC(C)(C)OC(=O)c1cccc(C=O)c1. The zero-order chi connectivity index (χ0) is 20.0. The summed E-state index contributed by atoms with van der Waals surface area (Å²) in [7, 11) is 0. The summed E-state index contributed by atoms with van der Waals surface area (Å²) in [6.07, 6.45) is 1.41. The number of aldehydes is 1. The van der Waals surface area contributed by atoms with Crippen LogP contribution in [0.4, 0.5) is 0 Å². The van der Waals surface area contributed by atoms with Crippen LogP contribution in [0.3, 0.4) is 0 Å². The van der Waals surface area contributed by atoms with Crippen LogP contribution in [0.1, 0.15) is 75.1 Å². The molecule has 0 fully saturated rings. The van der Waals surface area contributed by atoms with Crippen molar-refractivity contribution < 1.29 is 29.2 Å². The van der Waals surface area contributed by atoms with Gasteiger partial charge in [0.2, 0.25) is 0 Å². The summed E-state index contributed by atoms with van der Waals surface area (Å²) in [4.78, 5) is 27.6. The fraction of sp³-hybridized carbons (Fsp3) is 0.600. The van der Waals surface area contributed by atoms with Gasteiger partial charge in [-0.2, -0.15) is 0 Å². The third kappa shape index (κ3) is 7.64. The molecule has 1 N–H and O–H groups in total. The fourth-order valence-electron chi connectivity index (χ4n) is 3.01. The van der Waals surface area contributed by atoms with E-state index in [2.05, 4.69) is 4.89 Å². The second-order valence-corrected chi connectivity index (χ2v) is 7.91. The van der Waals surface area contributed by atoms with Crippen molar-refractivity contribution in [2.75, 3.05) is 0 Å². The van der Waals surface area contributed by atoms with E-state index >= 15 is 0 Å². The molecule has 146 valence electrons. The Kier molecular flexibility index (Phi) is 7.93. The summed E-state index contributed by atoms with van der Waals surface area (Å²) in [5.74, 6) is -0.478. The molecule has 0 aromatic heterocycles. The van der Waals surface area contributed by atoms with E-state index in [-0.39, 0.29) is 12.2 Å². The lowest BCUT2D eigenvalue weighted by Crippen LogP contribution is -2.35. The van der Waals surface area contributed by atoms with Gasteiger partial charge in [0.05, 0.1) is 17.8 Å². The van der Waals surface area contributed by atoms with Crippen molar-refractivity contribution in [3.8, 4) is 0 Å². The van der Waals surface area contributed by atoms with Crippen LogP contribution in [0.2, 0.25) is 0 Å². The van der Waals surface area contributed by atoms with E-state index in [1.54, 1.807) is 32.0 Å². The highest BCUT2D eigenvalue weighted by atomic mass is 17.1. The van der Waals surface area contributed by atoms with Crippen LogP contribution in [0.15, 0.2) is 24.3 Å². The predicted molar refractivity (Wildman–Crippen MR) is 98.4 cm³/mol. The molecule has 0 amide bonds. The lowest BCUT2D eigenvalue weighted by Gasteiger charge is -2.31. The molecule has 0 aliphatic carbocycles. The van der Waals surface area contributed by atoms with Gasteiger partial charge in [-0.15, -0.1) is 0 Å². The fourth-order valence-corrected chi connectivity index (χ4v) is 3.01. The molecule has 6 heteroatoms. The Hall–Kier alpha value is -1.76. The first-order chi connectivity index (χ1) is 12.0. The first kappa shape index (κ1) is 22.3. The molecule has 1 aromatic rings. The first-order valence-electron chi connectivity index (χ1n) is 8.74. The molecular formula is C20H30O6. The summed E-state index contributed by atoms with van der Waals surface area (Å²) >= 11 is 0. The minimum absolute atomic E-state index is 0.136. The molecule has 0 saturated heterocycles. The van der Waals surface area contributed by atoms with E-state index in [0.29, 0.717) is 30.3 Å². The van der Waals surface area contributed by atoms with E-state index in [0.717, 1.165) is 0 Å². The molecule has 0 aliphatic heterocycles. The molecule has 0 saturated carbocycles. The Morgan fingerprint density at radius 1 is 1.12 bits per heavy atom. The molecule has 0 radical (unpaired) electrons. The predicted octanol–water partition coefficient (Wildman–Crippen LogP) is 4.28. The number of ether oxygens (including phenoxy) is 2. The van der Waals surface area contributed by atoms with Gasteiger partial charge in [0.15, 0.2) is 0 Å².